The largest absolute Gasteiger partial charge is 0.385 e. The third kappa shape index (κ3) is 3.60. The Morgan fingerprint density at radius 1 is 1.00 bits per heavy atom. The molecule has 1 heteroatoms. The van der Waals surface area contributed by atoms with Gasteiger partial charge in [0.15, 0.2) is 0 Å². The first-order valence-electron chi connectivity index (χ1n) is 7.79. The molecular weight excluding hydrogens is 232 g/mol. The molecule has 1 N–H and O–H groups in total. The van der Waals surface area contributed by atoms with Gasteiger partial charge < -0.3 is 5.11 Å². The van der Waals surface area contributed by atoms with E-state index in [1.54, 1.807) is 0 Å². The molecule has 0 amide bonds. The van der Waals surface area contributed by atoms with Crippen LogP contribution in [0, 0.1) is 19.8 Å². The van der Waals surface area contributed by atoms with Crippen molar-refractivity contribution in [1.82, 2.24) is 0 Å². The van der Waals surface area contributed by atoms with Crippen molar-refractivity contribution in [3.05, 3.63) is 34.9 Å². The summed E-state index contributed by atoms with van der Waals surface area (Å²) in [7, 11) is 0. The number of aliphatic hydroxyl groups is 1. The molecule has 0 saturated heterocycles. The van der Waals surface area contributed by atoms with Crippen molar-refractivity contribution < 1.29 is 5.11 Å². The summed E-state index contributed by atoms with van der Waals surface area (Å²) in [5.74, 6) is 0.370. The molecule has 1 rings (SSSR count). The van der Waals surface area contributed by atoms with Gasteiger partial charge in [0.1, 0.15) is 0 Å². The van der Waals surface area contributed by atoms with Gasteiger partial charge in [0.25, 0.3) is 0 Å². The average molecular weight is 262 g/mol. The Bertz CT molecular complexity index is 391. The van der Waals surface area contributed by atoms with Crippen molar-refractivity contribution in [2.45, 2.75) is 72.3 Å². The molecule has 1 aromatic rings. The van der Waals surface area contributed by atoms with Crippen molar-refractivity contribution in [1.29, 1.82) is 0 Å². The summed E-state index contributed by atoms with van der Waals surface area (Å²) in [6.45, 7) is 10.8. The first kappa shape index (κ1) is 16.2. The number of hydrogen-bond donors (Lipinski definition) is 1. The fourth-order valence-electron chi connectivity index (χ4n) is 3.06. The van der Waals surface area contributed by atoms with Gasteiger partial charge in [0, 0.05) is 0 Å². The van der Waals surface area contributed by atoms with E-state index in [1.165, 1.54) is 11.1 Å². The van der Waals surface area contributed by atoms with E-state index in [9.17, 15) is 5.11 Å². The smallest absolute Gasteiger partial charge is 0.0922 e. The Hall–Kier alpha value is -0.820. The average Bonchev–Trinajstić information content (AvgIpc) is 2.40. The zero-order chi connectivity index (χ0) is 14.5. The molecule has 0 aliphatic heterocycles. The molecule has 0 aromatic heterocycles. The van der Waals surface area contributed by atoms with Crippen LogP contribution in [0.5, 0.6) is 0 Å². The third-order valence-corrected chi connectivity index (χ3v) is 4.50. The summed E-state index contributed by atoms with van der Waals surface area (Å²) in [6.07, 6.45) is 5.27. The Kier molecular flexibility index (Phi) is 6.06. The summed E-state index contributed by atoms with van der Waals surface area (Å²) in [4.78, 5) is 0. The van der Waals surface area contributed by atoms with Gasteiger partial charge in [-0.05, 0) is 55.7 Å². The minimum Gasteiger partial charge on any atom is -0.385 e. The normalized spacial score (nSPS) is 14.7. The van der Waals surface area contributed by atoms with Gasteiger partial charge in [0.2, 0.25) is 0 Å². The summed E-state index contributed by atoms with van der Waals surface area (Å²) < 4.78 is 0. The SMILES string of the molecule is CCCC(CCC)C(O)(CC)c1ccc(C)c(C)c1. The molecule has 0 radical (unpaired) electrons. The van der Waals surface area contributed by atoms with Gasteiger partial charge in [-0.3, -0.25) is 0 Å². The topological polar surface area (TPSA) is 20.2 Å². The van der Waals surface area contributed by atoms with E-state index in [4.69, 9.17) is 0 Å². The maximum Gasteiger partial charge on any atom is 0.0922 e. The summed E-state index contributed by atoms with van der Waals surface area (Å²) in [5.41, 5.74) is 3.01. The summed E-state index contributed by atoms with van der Waals surface area (Å²) >= 11 is 0. The van der Waals surface area contributed by atoms with Gasteiger partial charge in [-0.25, -0.2) is 0 Å². The van der Waals surface area contributed by atoms with Gasteiger partial charge in [-0.1, -0.05) is 51.8 Å². The van der Waals surface area contributed by atoms with Gasteiger partial charge >= 0.3 is 0 Å². The van der Waals surface area contributed by atoms with E-state index < -0.39 is 5.60 Å². The molecule has 0 aliphatic rings. The van der Waals surface area contributed by atoms with Crippen LogP contribution in [0.2, 0.25) is 0 Å². The predicted molar refractivity (Wildman–Crippen MR) is 83.4 cm³/mol. The second-order valence-electron chi connectivity index (χ2n) is 5.85. The summed E-state index contributed by atoms with van der Waals surface area (Å²) in [6, 6.07) is 6.43. The quantitative estimate of drug-likeness (QED) is 0.723. The lowest BCUT2D eigenvalue weighted by Crippen LogP contribution is -2.34. The molecule has 1 nitrogen and oxygen atoms in total. The zero-order valence-corrected chi connectivity index (χ0v) is 13.3. The maximum absolute atomic E-state index is 11.2. The Morgan fingerprint density at radius 2 is 1.58 bits per heavy atom. The van der Waals surface area contributed by atoms with Crippen LogP contribution in [0.1, 0.15) is 69.6 Å². The number of rotatable bonds is 7. The lowest BCUT2D eigenvalue weighted by Gasteiger charge is -2.36. The number of hydrogen-bond acceptors (Lipinski definition) is 1. The van der Waals surface area contributed by atoms with Crippen molar-refractivity contribution >= 4 is 0 Å². The third-order valence-electron chi connectivity index (χ3n) is 4.50. The molecule has 1 aromatic carbocycles. The molecule has 108 valence electrons. The molecule has 0 fully saturated rings. The zero-order valence-electron chi connectivity index (χ0n) is 13.3. The van der Waals surface area contributed by atoms with E-state index in [0.717, 1.165) is 37.7 Å². The maximum atomic E-state index is 11.2. The lowest BCUT2D eigenvalue weighted by atomic mass is 9.74. The van der Waals surface area contributed by atoms with E-state index in [2.05, 4.69) is 52.8 Å². The first-order chi connectivity index (χ1) is 8.99. The Morgan fingerprint density at radius 3 is 2.00 bits per heavy atom. The Balaban J connectivity index is 3.15. The molecule has 0 bridgehead atoms. The van der Waals surface area contributed by atoms with E-state index in [0.29, 0.717) is 5.92 Å². The highest BCUT2D eigenvalue weighted by molar-refractivity contribution is 5.33. The van der Waals surface area contributed by atoms with Crippen LogP contribution >= 0.6 is 0 Å². The van der Waals surface area contributed by atoms with Crippen molar-refractivity contribution in [2.24, 2.45) is 5.92 Å². The fraction of sp³-hybridized carbons (Fsp3) is 0.667. The van der Waals surface area contributed by atoms with Crippen LogP contribution in [0.25, 0.3) is 0 Å². The van der Waals surface area contributed by atoms with E-state index in [-0.39, 0.29) is 0 Å². The van der Waals surface area contributed by atoms with Crippen molar-refractivity contribution in [3.63, 3.8) is 0 Å². The fourth-order valence-corrected chi connectivity index (χ4v) is 3.06. The van der Waals surface area contributed by atoms with Crippen LogP contribution in [0.15, 0.2) is 18.2 Å². The molecule has 0 saturated carbocycles. The van der Waals surface area contributed by atoms with Gasteiger partial charge in [0.05, 0.1) is 5.60 Å². The Labute approximate surface area is 119 Å². The molecule has 0 heterocycles. The standard InChI is InChI=1S/C18H30O/c1-6-9-16(10-7-2)18(19,8-3)17-12-11-14(4)15(5)13-17/h11-13,16,19H,6-10H2,1-5H3. The van der Waals surface area contributed by atoms with Crippen LogP contribution < -0.4 is 0 Å². The van der Waals surface area contributed by atoms with Crippen LogP contribution in [-0.2, 0) is 5.60 Å². The van der Waals surface area contributed by atoms with Crippen molar-refractivity contribution in [3.8, 4) is 0 Å². The highest BCUT2D eigenvalue weighted by atomic mass is 16.3. The number of benzene rings is 1. The van der Waals surface area contributed by atoms with Gasteiger partial charge in [-0.15, -0.1) is 0 Å². The molecule has 0 aliphatic carbocycles. The summed E-state index contributed by atoms with van der Waals surface area (Å²) in [5, 5.41) is 11.2. The molecule has 1 atom stereocenters. The monoisotopic (exact) mass is 262 g/mol. The second-order valence-corrected chi connectivity index (χ2v) is 5.85. The minimum absolute atomic E-state index is 0.370. The van der Waals surface area contributed by atoms with E-state index in [1.807, 2.05) is 0 Å². The van der Waals surface area contributed by atoms with Crippen molar-refractivity contribution in [2.75, 3.05) is 0 Å². The minimum atomic E-state index is -0.662. The molecular formula is C18H30O. The molecule has 1 unspecified atom stereocenters. The van der Waals surface area contributed by atoms with E-state index >= 15 is 0 Å². The number of aryl methyl sites for hydroxylation is 2. The second kappa shape index (κ2) is 7.09. The molecule has 0 spiro atoms. The van der Waals surface area contributed by atoms with Crippen LogP contribution in [-0.4, -0.2) is 5.11 Å². The van der Waals surface area contributed by atoms with Crippen LogP contribution in [0.4, 0.5) is 0 Å². The van der Waals surface area contributed by atoms with Crippen LogP contribution in [0.3, 0.4) is 0 Å². The highest BCUT2D eigenvalue weighted by Gasteiger charge is 2.35. The highest BCUT2D eigenvalue weighted by Crippen LogP contribution is 2.39. The molecule has 19 heavy (non-hydrogen) atoms. The van der Waals surface area contributed by atoms with Gasteiger partial charge in [-0.2, -0.15) is 0 Å². The predicted octanol–water partition coefficient (Wildman–Crippen LogP) is 5.12. The first-order valence-corrected chi connectivity index (χ1v) is 7.79. The lowest BCUT2D eigenvalue weighted by molar-refractivity contribution is -0.0356.